The number of urea groups is 1. The van der Waals surface area contributed by atoms with E-state index >= 15 is 0 Å². The van der Waals surface area contributed by atoms with Gasteiger partial charge in [-0.2, -0.15) is 11.8 Å². The molecule has 132 valence electrons. The first-order valence-corrected chi connectivity index (χ1v) is 9.99. The number of carbonyl (C=O) groups is 1. The smallest absolute Gasteiger partial charge is 0.322 e. The molecular weight excluding hydrogens is 322 g/mol. The fraction of sp³-hybridized carbons (Fsp3) is 0.611. The summed E-state index contributed by atoms with van der Waals surface area (Å²) in [6.45, 7) is 4.27. The SMILES string of the molecule is O=C(Nc1ccc(CCN2CCSCC2)cc1)N1CCC[C@H]1CO. The number of hydrogen-bond acceptors (Lipinski definition) is 4. The lowest BCUT2D eigenvalue weighted by Gasteiger charge is -2.26. The van der Waals surface area contributed by atoms with E-state index in [1.54, 1.807) is 4.90 Å². The minimum absolute atomic E-state index is 0.0352. The van der Waals surface area contributed by atoms with Gasteiger partial charge in [0.25, 0.3) is 0 Å². The Hall–Kier alpha value is -1.24. The first-order valence-electron chi connectivity index (χ1n) is 8.84. The topological polar surface area (TPSA) is 55.8 Å². The second-order valence-electron chi connectivity index (χ2n) is 6.50. The van der Waals surface area contributed by atoms with Gasteiger partial charge in [0.05, 0.1) is 12.6 Å². The van der Waals surface area contributed by atoms with Gasteiger partial charge in [0.2, 0.25) is 0 Å². The van der Waals surface area contributed by atoms with Crippen LogP contribution in [-0.4, -0.2) is 71.3 Å². The zero-order valence-corrected chi connectivity index (χ0v) is 14.9. The van der Waals surface area contributed by atoms with Crippen LogP contribution in [0.1, 0.15) is 18.4 Å². The summed E-state index contributed by atoms with van der Waals surface area (Å²) < 4.78 is 0. The molecule has 2 saturated heterocycles. The number of aliphatic hydroxyl groups excluding tert-OH is 1. The highest BCUT2D eigenvalue weighted by Crippen LogP contribution is 2.19. The van der Waals surface area contributed by atoms with Crippen molar-refractivity contribution in [2.45, 2.75) is 25.3 Å². The summed E-state index contributed by atoms with van der Waals surface area (Å²) in [7, 11) is 0. The summed E-state index contributed by atoms with van der Waals surface area (Å²) in [6.07, 6.45) is 2.90. The molecule has 24 heavy (non-hydrogen) atoms. The monoisotopic (exact) mass is 349 g/mol. The van der Waals surface area contributed by atoms with Gasteiger partial charge in [-0.3, -0.25) is 0 Å². The Labute approximate surface area is 148 Å². The van der Waals surface area contributed by atoms with Crippen LogP contribution in [-0.2, 0) is 6.42 Å². The highest BCUT2D eigenvalue weighted by atomic mass is 32.2. The average molecular weight is 350 g/mol. The van der Waals surface area contributed by atoms with E-state index < -0.39 is 0 Å². The minimum atomic E-state index is -0.106. The van der Waals surface area contributed by atoms with Crippen molar-refractivity contribution < 1.29 is 9.90 Å². The summed E-state index contributed by atoms with van der Waals surface area (Å²) in [4.78, 5) is 16.6. The summed E-state index contributed by atoms with van der Waals surface area (Å²) in [5.41, 5.74) is 2.13. The van der Waals surface area contributed by atoms with Crippen LogP contribution in [0.5, 0.6) is 0 Å². The van der Waals surface area contributed by atoms with Crippen molar-refractivity contribution >= 4 is 23.5 Å². The highest BCUT2D eigenvalue weighted by Gasteiger charge is 2.27. The third kappa shape index (κ3) is 4.65. The number of nitrogens with zero attached hydrogens (tertiary/aromatic N) is 2. The zero-order valence-electron chi connectivity index (χ0n) is 14.1. The average Bonchev–Trinajstić information content (AvgIpc) is 3.11. The fourth-order valence-electron chi connectivity index (χ4n) is 3.35. The Balaban J connectivity index is 1.48. The van der Waals surface area contributed by atoms with Gasteiger partial charge >= 0.3 is 6.03 Å². The van der Waals surface area contributed by atoms with E-state index in [2.05, 4.69) is 22.3 Å². The lowest BCUT2D eigenvalue weighted by atomic mass is 10.1. The molecule has 0 aliphatic carbocycles. The molecule has 2 aliphatic rings. The maximum absolute atomic E-state index is 12.3. The Morgan fingerprint density at radius 2 is 1.96 bits per heavy atom. The molecule has 2 heterocycles. The summed E-state index contributed by atoms with van der Waals surface area (Å²) in [6, 6.07) is 8.01. The van der Waals surface area contributed by atoms with Crippen molar-refractivity contribution in [1.29, 1.82) is 0 Å². The number of anilines is 1. The molecule has 2 aliphatic heterocycles. The summed E-state index contributed by atoms with van der Waals surface area (Å²) in [5, 5.41) is 12.3. The third-order valence-corrected chi connectivity index (χ3v) is 5.82. The number of benzene rings is 1. The van der Waals surface area contributed by atoms with Crippen LogP contribution < -0.4 is 5.32 Å². The molecule has 2 N–H and O–H groups in total. The number of carbonyl (C=O) groups excluding carboxylic acids is 1. The quantitative estimate of drug-likeness (QED) is 0.856. The molecule has 6 heteroatoms. The van der Waals surface area contributed by atoms with Crippen LogP contribution in [0, 0.1) is 0 Å². The minimum Gasteiger partial charge on any atom is -0.394 e. The molecule has 0 aromatic heterocycles. The van der Waals surface area contributed by atoms with Gasteiger partial charge in [-0.25, -0.2) is 4.79 Å². The number of aliphatic hydroxyl groups is 1. The number of rotatable bonds is 5. The fourth-order valence-corrected chi connectivity index (χ4v) is 4.33. The van der Waals surface area contributed by atoms with Gasteiger partial charge in [-0.1, -0.05) is 12.1 Å². The van der Waals surface area contributed by atoms with Gasteiger partial charge in [0, 0.05) is 43.4 Å². The van der Waals surface area contributed by atoms with Crippen molar-refractivity contribution in [2.24, 2.45) is 0 Å². The number of amides is 2. The molecule has 2 amide bonds. The van der Waals surface area contributed by atoms with Gasteiger partial charge < -0.3 is 20.2 Å². The Bertz CT molecular complexity index is 532. The molecule has 2 fully saturated rings. The van der Waals surface area contributed by atoms with Gasteiger partial charge in [0.1, 0.15) is 0 Å². The number of thioether (sulfide) groups is 1. The van der Waals surface area contributed by atoms with Crippen LogP contribution in [0.2, 0.25) is 0 Å². The second kappa shape index (κ2) is 8.74. The summed E-state index contributed by atoms with van der Waals surface area (Å²) in [5.74, 6) is 2.49. The lowest BCUT2D eigenvalue weighted by Crippen LogP contribution is -2.40. The molecule has 0 bridgehead atoms. The van der Waals surface area contributed by atoms with Crippen LogP contribution in [0.4, 0.5) is 10.5 Å². The van der Waals surface area contributed by atoms with E-state index in [0.29, 0.717) is 0 Å². The summed E-state index contributed by atoms with van der Waals surface area (Å²) >= 11 is 2.04. The Morgan fingerprint density at radius 3 is 2.67 bits per heavy atom. The number of nitrogens with one attached hydrogen (secondary N) is 1. The van der Waals surface area contributed by atoms with Crippen molar-refractivity contribution in [3.8, 4) is 0 Å². The molecule has 0 saturated carbocycles. The molecule has 1 atom stereocenters. The molecule has 1 aromatic rings. The highest BCUT2D eigenvalue weighted by molar-refractivity contribution is 7.99. The van der Waals surface area contributed by atoms with Crippen LogP contribution >= 0.6 is 11.8 Å². The largest absolute Gasteiger partial charge is 0.394 e. The Kier molecular flexibility index (Phi) is 6.40. The van der Waals surface area contributed by atoms with Crippen molar-refractivity contribution in [1.82, 2.24) is 9.80 Å². The zero-order chi connectivity index (χ0) is 16.8. The van der Waals surface area contributed by atoms with Crippen LogP contribution in [0.3, 0.4) is 0 Å². The first-order chi connectivity index (χ1) is 11.8. The molecule has 0 radical (unpaired) electrons. The molecular formula is C18H27N3O2S. The molecule has 0 spiro atoms. The lowest BCUT2D eigenvalue weighted by molar-refractivity contribution is 0.166. The van der Waals surface area contributed by atoms with E-state index in [9.17, 15) is 9.90 Å². The van der Waals surface area contributed by atoms with E-state index in [-0.39, 0.29) is 18.7 Å². The van der Waals surface area contributed by atoms with E-state index in [1.165, 1.54) is 30.2 Å². The molecule has 3 rings (SSSR count). The number of hydrogen-bond donors (Lipinski definition) is 2. The number of likely N-dealkylation sites (tertiary alicyclic amines) is 1. The molecule has 1 aromatic carbocycles. The first kappa shape index (κ1) is 17.6. The molecule has 5 nitrogen and oxygen atoms in total. The predicted molar refractivity (Wildman–Crippen MR) is 99.7 cm³/mol. The normalized spacial score (nSPS) is 21.9. The maximum atomic E-state index is 12.3. The van der Waals surface area contributed by atoms with Crippen LogP contribution in [0.25, 0.3) is 0 Å². The van der Waals surface area contributed by atoms with E-state index in [4.69, 9.17) is 0 Å². The van der Waals surface area contributed by atoms with Crippen molar-refractivity contribution in [3.05, 3.63) is 29.8 Å². The van der Waals surface area contributed by atoms with Gasteiger partial charge in [-0.15, -0.1) is 0 Å². The van der Waals surface area contributed by atoms with E-state index in [0.717, 1.165) is 38.0 Å². The maximum Gasteiger partial charge on any atom is 0.322 e. The second-order valence-corrected chi connectivity index (χ2v) is 7.73. The van der Waals surface area contributed by atoms with Crippen LogP contribution in [0.15, 0.2) is 24.3 Å². The van der Waals surface area contributed by atoms with E-state index in [1.807, 2.05) is 23.9 Å². The van der Waals surface area contributed by atoms with Gasteiger partial charge in [0.15, 0.2) is 0 Å². The van der Waals surface area contributed by atoms with Gasteiger partial charge in [-0.05, 0) is 37.0 Å². The predicted octanol–water partition coefficient (Wildman–Crippen LogP) is 2.27. The van der Waals surface area contributed by atoms with Crippen molar-refractivity contribution in [2.75, 3.05) is 49.6 Å². The Morgan fingerprint density at radius 1 is 1.21 bits per heavy atom. The standard InChI is InChI=1S/C18H27N3O2S/c22-14-17-2-1-8-21(17)18(23)19-16-5-3-15(4-6-16)7-9-20-10-12-24-13-11-20/h3-6,17,22H,1-2,7-14H2,(H,19,23)/t17-/m0/s1. The van der Waals surface area contributed by atoms with Crippen molar-refractivity contribution in [3.63, 3.8) is 0 Å². The third-order valence-electron chi connectivity index (χ3n) is 4.87. The molecule has 0 unspecified atom stereocenters.